The zero-order chi connectivity index (χ0) is 7.40. The molecule has 0 fully saturated rings. The zero-order valence-corrected chi connectivity index (χ0v) is 5.90. The number of hydrogen-bond acceptors (Lipinski definition) is 1. The van der Waals surface area contributed by atoms with Crippen LogP contribution in [0.4, 0.5) is 0 Å². The monoisotopic (exact) mass is 136 g/mol. The average molecular weight is 136 g/mol. The van der Waals surface area contributed by atoms with Crippen molar-refractivity contribution >= 4 is 0 Å². The summed E-state index contributed by atoms with van der Waals surface area (Å²) in [7, 11) is 0. The third-order valence-corrected chi connectivity index (χ3v) is 1.27. The van der Waals surface area contributed by atoms with E-state index >= 15 is 0 Å². The van der Waals surface area contributed by atoms with Crippen molar-refractivity contribution in [3.63, 3.8) is 0 Å². The van der Waals surface area contributed by atoms with E-state index in [4.69, 9.17) is 0 Å². The number of nitrogens with zero attached hydrogens (tertiary/aromatic N) is 1. The van der Waals surface area contributed by atoms with Gasteiger partial charge in [-0.3, -0.25) is 0 Å². The lowest BCUT2D eigenvalue weighted by molar-refractivity contribution is 0.0181. The van der Waals surface area contributed by atoms with Gasteiger partial charge in [-0.15, -0.1) is 0 Å². The van der Waals surface area contributed by atoms with Crippen LogP contribution in [0.15, 0.2) is 36.7 Å². The molecule has 1 aliphatic heterocycles. The maximum absolute atomic E-state index is 10.8. The van der Waals surface area contributed by atoms with Gasteiger partial charge >= 0.3 is 0 Å². The molecule has 1 atom stereocenters. The van der Waals surface area contributed by atoms with E-state index in [1.807, 2.05) is 24.3 Å². The lowest BCUT2D eigenvalue weighted by Gasteiger charge is -2.15. The van der Waals surface area contributed by atoms with Crippen LogP contribution in [0.2, 0.25) is 0 Å². The Balaban J connectivity index is 2.63. The van der Waals surface area contributed by atoms with E-state index in [0.717, 1.165) is 0 Å². The number of allylic oxidation sites excluding steroid dienone is 4. The Morgan fingerprint density at radius 1 is 1.10 bits per heavy atom. The summed E-state index contributed by atoms with van der Waals surface area (Å²) in [4.78, 5) is 1.61. The maximum atomic E-state index is 10.8. The van der Waals surface area contributed by atoms with Crippen LogP contribution >= 0.6 is 0 Å². The van der Waals surface area contributed by atoms with Crippen LogP contribution in [-0.2, 0) is 5.11 Å². The molecule has 53 valence electrons. The number of rotatable bonds is 1. The topological polar surface area (TPSA) is 23.1 Å². The molecule has 0 aromatic rings. The normalized spacial score (nSPS) is 19.2. The molecular weight excluding hydrogens is 126 g/mol. The van der Waals surface area contributed by atoms with Gasteiger partial charge in [0.1, 0.15) is 0 Å². The molecule has 1 radical (unpaired) electrons. The van der Waals surface area contributed by atoms with E-state index in [2.05, 4.69) is 0 Å². The van der Waals surface area contributed by atoms with Gasteiger partial charge in [-0.05, 0) is 19.1 Å². The van der Waals surface area contributed by atoms with E-state index in [0.29, 0.717) is 0 Å². The zero-order valence-electron chi connectivity index (χ0n) is 5.90. The van der Waals surface area contributed by atoms with Crippen molar-refractivity contribution in [3.05, 3.63) is 36.7 Å². The molecule has 0 saturated carbocycles. The molecule has 10 heavy (non-hydrogen) atoms. The van der Waals surface area contributed by atoms with Crippen LogP contribution in [0.1, 0.15) is 6.92 Å². The minimum atomic E-state index is -0.701. The minimum absolute atomic E-state index is 0.701. The highest BCUT2D eigenvalue weighted by Crippen LogP contribution is 2.01. The van der Waals surface area contributed by atoms with E-state index < -0.39 is 6.23 Å². The molecule has 0 amide bonds. The molecule has 1 rings (SSSR count). The second-order valence-corrected chi connectivity index (χ2v) is 2.11. The Morgan fingerprint density at radius 3 is 2.00 bits per heavy atom. The summed E-state index contributed by atoms with van der Waals surface area (Å²) < 4.78 is 0. The molecule has 0 aromatic heterocycles. The fraction of sp³-hybridized carbons (Fsp3) is 0.250. The Labute approximate surface area is 60.8 Å². The Hall–Kier alpha value is -1.02. The van der Waals surface area contributed by atoms with Crippen LogP contribution in [0, 0.1) is 0 Å². The molecule has 0 saturated heterocycles. The fourth-order valence-corrected chi connectivity index (χ4v) is 0.719. The van der Waals surface area contributed by atoms with Crippen molar-refractivity contribution < 1.29 is 5.11 Å². The van der Waals surface area contributed by atoms with Crippen LogP contribution in [0.25, 0.3) is 0 Å². The quantitative estimate of drug-likeness (QED) is 0.537. The molecule has 0 N–H and O–H groups in total. The SMILES string of the molecule is CC([O])N1C=CC=CC=C1. The summed E-state index contributed by atoms with van der Waals surface area (Å²) in [5.74, 6) is 0. The first-order valence-corrected chi connectivity index (χ1v) is 3.25. The molecule has 1 heterocycles. The number of hydrogen-bond donors (Lipinski definition) is 0. The van der Waals surface area contributed by atoms with E-state index in [1.165, 1.54) is 0 Å². The predicted molar refractivity (Wildman–Crippen MR) is 39.4 cm³/mol. The summed E-state index contributed by atoms with van der Waals surface area (Å²) in [6.07, 6.45) is 10.3. The Bertz CT molecular complexity index is 164. The Kier molecular flexibility index (Phi) is 2.29. The molecule has 2 nitrogen and oxygen atoms in total. The van der Waals surface area contributed by atoms with Gasteiger partial charge in [-0.2, -0.15) is 0 Å². The second-order valence-electron chi connectivity index (χ2n) is 2.11. The first-order chi connectivity index (χ1) is 4.80. The van der Waals surface area contributed by atoms with Crippen molar-refractivity contribution in [2.75, 3.05) is 0 Å². The third kappa shape index (κ3) is 1.74. The summed E-state index contributed by atoms with van der Waals surface area (Å²) in [6, 6.07) is 0. The first-order valence-electron chi connectivity index (χ1n) is 3.25. The van der Waals surface area contributed by atoms with Crippen molar-refractivity contribution in [3.8, 4) is 0 Å². The van der Waals surface area contributed by atoms with Gasteiger partial charge < -0.3 is 4.90 Å². The lowest BCUT2D eigenvalue weighted by atomic mass is 10.5. The highest BCUT2D eigenvalue weighted by Gasteiger charge is 2.02. The molecule has 0 aromatic carbocycles. The van der Waals surface area contributed by atoms with E-state index in [-0.39, 0.29) is 0 Å². The summed E-state index contributed by atoms with van der Waals surface area (Å²) >= 11 is 0. The maximum Gasteiger partial charge on any atom is 0.165 e. The van der Waals surface area contributed by atoms with Crippen molar-refractivity contribution in [2.24, 2.45) is 0 Å². The van der Waals surface area contributed by atoms with Gasteiger partial charge in [0.2, 0.25) is 0 Å². The van der Waals surface area contributed by atoms with Crippen molar-refractivity contribution in [1.29, 1.82) is 0 Å². The highest BCUT2D eigenvalue weighted by molar-refractivity contribution is 5.15. The van der Waals surface area contributed by atoms with Gasteiger partial charge in [-0.1, -0.05) is 12.2 Å². The molecule has 0 aliphatic carbocycles. The summed E-state index contributed by atoms with van der Waals surface area (Å²) in [5, 5.41) is 10.8. The molecule has 0 bridgehead atoms. The Morgan fingerprint density at radius 2 is 1.60 bits per heavy atom. The van der Waals surface area contributed by atoms with Gasteiger partial charge in [0.05, 0.1) is 0 Å². The van der Waals surface area contributed by atoms with Gasteiger partial charge in [0.25, 0.3) is 0 Å². The van der Waals surface area contributed by atoms with Crippen LogP contribution < -0.4 is 0 Å². The van der Waals surface area contributed by atoms with Crippen LogP contribution in [0.3, 0.4) is 0 Å². The third-order valence-electron chi connectivity index (χ3n) is 1.27. The minimum Gasteiger partial charge on any atom is -0.326 e. The van der Waals surface area contributed by atoms with Gasteiger partial charge in [0.15, 0.2) is 6.23 Å². The second kappa shape index (κ2) is 3.22. The van der Waals surface area contributed by atoms with Crippen molar-refractivity contribution in [2.45, 2.75) is 13.2 Å². The summed E-state index contributed by atoms with van der Waals surface area (Å²) in [5.41, 5.74) is 0. The average Bonchev–Trinajstić information content (AvgIpc) is 2.12. The molecule has 0 spiro atoms. The predicted octanol–water partition coefficient (Wildman–Crippen LogP) is 1.66. The fourth-order valence-electron chi connectivity index (χ4n) is 0.719. The van der Waals surface area contributed by atoms with Crippen LogP contribution in [-0.4, -0.2) is 11.1 Å². The molecule has 2 heteroatoms. The standard InChI is InChI=1S/C8H10NO/c1-8(10)9-6-4-2-3-5-7-9/h2-8H,1H3. The van der Waals surface area contributed by atoms with Gasteiger partial charge in [-0.25, -0.2) is 5.11 Å². The van der Waals surface area contributed by atoms with Crippen molar-refractivity contribution in [1.82, 2.24) is 4.90 Å². The largest absolute Gasteiger partial charge is 0.326 e. The molecule has 1 aliphatic rings. The van der Waals surface area contributed by atoms with Crippen LogP contribution in [0.5, 0.6) is 0 Å². The first kappa shape index (κ1) is 7.09. The smallest absolute Gasteiger partial charge is 0.165 e. The summed E-state index contributed by atoms with van der Waals surface area (Å²) in [6.45, 7) is 1.61. The molecular formula is C8H10NO. The molecule has 1 unspecified atom stereocenters. The lowest BCUT2D eigenvalue weighted by Crippen LogP contribution is -2.19. The van der Waals surface area contributed by atoms with E-state index in [9.17, 15) is 5.11 Å². The highest BCUT2D eigenvalue weighted by atomic mass is 16.3. The van der Waals surface area contributed by atoms with Gasteiger partial charge in [0, 0.05) is 12.4 Å². The van der Waals surface area contributed by atoms with E-state index in [1.54, 1.807) is 24.2 Å².